The van der Waals surface area contributed by atoms with Crippen LogP contribution >= 0.6 is 0 Å². The standard InChI is InChI=1S/C22H27N2/c1-3-9-19(10-4-1)21-13-14-22(20-11-5-2-6-12-20)24(17-21)18-23-15-7-8-16-23/h1-6,9-12,18,21-22H,7-8,13-17H2/q+1/t21?,22-/m1/s1. The molecular formula is C22H27N2+. The fourth-order valence-electron chi connectivity index (χ4n) is 4.22. The van der Waals surface area contributed by atoms with E-state index in [-0.39, 0.29) is 0 Å². The summed E-state index contributed by atoms with van der Waals surface area (Å²) in [6.45, 7) is 3.56. The lowest BCUT2D eigenvalue weighted by Crippen LogP contribution is -2.38. The normalized spacial score (nSPS) is 24.2. The summed E-state index contributed by atoms with van der Waals surface area (Å²) in [5.41, 5.74) is 2.95. The fourth-order valence-corrected chi connectivity index (χ4v) is 4.22. The Bertz CT molecular complexity index is 670. The smallest absolute Gasteiger partial charge is 0.234 e. The number of rotatable bonds is 3. The number of nitrogens with zero attached hydrogens (tertiary/aromatic N) is 2. The van der Waals surface area contributed by atoms with Crippen molar-refractivity contribution in [1.29, 1.82) is 0 Å². The Balaban J connectivity index is 1.60. The molecule has 0 N–H and O–H groups in total. The van der Waals surface area contributed by atoms with Crippen LogP contribution in [0.15, 0.2) is 60.7 Å². The van der Waals surface area contributed by atoms with E-state index in [9.17, 15) is 0 Å². The lowest BCUT2D eigenvalue weighted by molar-refractivity contribution is -0.506. The number of hydrogen-bond acceptors (Lipinski definition) is 0. The van der Waals surface area contributed by atoms with Crippen molar-refractivity contribution in [3.8, 4) is 0 Å². The van der Waals surface area contributed by atoms with E-state index in [1.54, 1.807) is 0 Å². The van der Waals surface area contributed by atoms with Crippen molar-refractivity contribution in [3.63, 3.8) is 0 Å². The van der Waals surface area contributed by atoms with Gasteiger partial charge < -0.3 is 0 Å². The molecule has 2 saturated heterocycles. The van der Waals surface area contributed by atoms with Crippen LogP contribution in [0.5, 0.6) is 0 Å². The zero-order chi connectivity index (χ0) is 16.2. The molecule has 0 bridgehead atoms. The molecular weight excluding hydrogens is 292 g/mol. The van der Waals surface area contributed by atoms with Gasteiger partial charge in [-0.3, -0.25) is 9.48 Å². The van der Waals surface area contributed by atoms with Crippen LogP contribution < -0.4 is 0 Å². The number of benzene rings is 2. The van der Waals surface area contributed by atoms with Gasteiger partial charge >= 0.3 is 0 Å². The summed E-state index contributed by atoms with van der Waals surface area (Å²) in [7, 11) is 0. The molecule has 2 aromatic carbocycles. The van der Waals surface area contributed by atoms with E-state index in [2.05, 4.69) is 76.5 Å². The van der Waals surface area contributed by atoms with Gasteiger partial charge in [0.2, 0.25) is 6.34 Å². The molecule has 2 heterocycles. The highest BCUT2D eigenvalue weighted by Crippen LogP contribution is 2.36. The molecule has 2 aromatic rings. The molecule has 4 rings (SSSR count). The average molecular weight is 319 g/mol. The number of piperidine rings is 1. The van der Waals surface area contributed by atoms with Crippen molar-refractivity contribution in [1.82, 2.24) is 4.90 Å². The first-order valence-corrected chi connectivity index (χ1v) is 9.35. The van der Waals surface area contributed by atoms with Gasteiger partial charge in [0.15, 0.2) is 0 Å². The summed E-state index contributed by atoms with van der Waals surface area (Å²) in [5.74, 6) is 0.644. The van der Waals surface area contributed by atoms with Crippen LogP contribution in [-0.2, 0) is 0 Å². The monoisotopic (exact) mass is 319 g/mol. The van der Waals surface area contributed by atoms with Crippen LogP contribution in [0.25, 0.3) is 0 Å². The van der Waals surface area contributed by atoms with E-state index in [0.29, 0.717) is 12.0 Å². The topological polar surface area (TPSA) is 6.25 Å². The van der Waals surface area contributed by atoms with Gasteiger partial charge in [-0.05, 0) is 36.8 Å². The van der Waals surface area contributed by atoms with Crippen LogP contribution in [0, 0.1) is 0 Å². The van der Waals surface area contributed by atoms with Crippen molar-refractivity contribution in [2.24, 2.45) is 0 Å². The molecule has 0 spiro atoms. The van der Waals surface area contributed by atoms with Gasteiger partial charge in [0.05, 0.1) is 19.6 Å². The fraction of sp³-hybridized carbons (Fsp3) is 0.409. The molecule has 0 aliphatic carbocycles. The van der Waals surface area contributed by atoms with Gasteiger partial charge in [0.1, 0.15) is 6.04 Å². The summed E-state index contributed by atoms with van der Waals surface area (Å²) < 4.78 is 2.52. The predicted molar refractivity (Wildman–Crippen MR) is 99.6 cm³/mol. The molecule has 0 amide bonds. The minimum absolute atomic E-state index is 0.520. The first kappa shape index (κ1) is 15.4. The lowest BCUT2D eigenvalue weighted by Gasteiger charge is -2.34. The van der Waals surface area contributed by atoms with Gasteiger partial charge in [-0.15, -0.1) is 0 Å². The second-order valence-electron chi connectivity index (χ2n) is 7.17. The third-order valence-electron chi connectivity index (χ3n) is 5.53. The Morgan fingerprint density at radius 3 is 2.08 bits per heavy atom. The molecule has 0 radical (unpaired) electrons. The summed E-state index contributed by atoms with van der Waals surface area (Å²) >= 11 is 0. The molecule has 0 aromatic heterocycles. The molecule has 2 aliphatic heterocycles. The Kier molecular flexibility index (Phi) is 4.64. The van der Waals surface area contributed by atoms with Gasteiger partial charge in [0.25, 0.3) is 0 Å². The Hall–Kier alpha value is -2.09. The SMILES string of the molecule is C(N1CC(c2ccccc2)CC[C@@H]1c1ccccc1)=[N+]1CCCC1. The Morgan fingerprint density at radius 1 is 0.792 bits per heavy atom. The Labute approximate surface area is 145 Å². The van der Waals surface area contributed by atoms with Gasteiger partial charge in [-0.1, -0.05) is 60.7 Å². The molecule has 1 unspecified atom stereocenters. The second kappa shape index (κ2) is 7.21. The van der Waals surface area contributed by atoms with Crippen LogP contribution in [0.4, 0.5) is 0 Å². The quantitative estimate of drug-likeness (QED) is 0.599. The maximum absolute atomic E-state index is 2.61. The van der Waals surface area contributed by atoms with E-state index >= 15 is 0 Å². The van der Waals surface area contributed by atoms with E-state index in [0.717, 1.165) is 6.54 Å². The highest BCUT2D eigenvalue weighted by molar-refractivity contribution is 5.51. The maximum atomic E-state index is 2.61. The van der Waals surface area contributed by atoms with Crippen LogP contribution in [0.1, 0.15) is 48.8 Å². The Morgan fingerprint density at radius 2 is 1.42 bits per heavy atom. The molecule has 2 nitrogen and oxygen atoms in total. The largest absolute Gasteiger partial charge is 0.268 e. The molecule has 2 fully saturated rings. The maximum Gasteiger partial charge on any atom is 0.234 e. The van der Waals surface area contributed by atoms with Crippen LogP contribution in [0.2, 0.25) is 0 Å². The van der Waals surface area contributed by atoms with Crippen molar-refractivity contribution in [2.45, 2.75) is 37.6 Å². The molecule has 124 valence electrons. The molecule has 0 saturated carbocycles. The highest BCUT2D eigenvalue weighted by Gasteiger charge is 2.33. The van der Waals surface area contributed by atoms with Crippen molar-refractivity contribution < 1.29 is 4.58 Å². The summed E-state index contributed by atoms with van der Waals surface area (Å²) in [6.07, 6.45) is 7.60. The molecule has 24 heavy (non-hydrogen) atoms. The van der Waals surface area contributed by atoms with E-state index in [4.69, 9.17) is 0 Å². The van der Waals surface area contributed by atoms with Gasteiger partial charge in [-0.25, -0.2) is 0 Å². The van der Waals surface area contributed by atoms with Crippen LogP contribution in [0.3, 0.4) is 0 Å². The van der Waals surface area contributed by atoms with E-state index < -0.39 is 0 Å². The molecule has 2 heteroatoms. The van der Waals surface area contributed by atoms with E-state index in [1.165, 1.54) is 49.9 Å². The average Bonchev–Trinajstić information content (AvgIpc) is 3.16. The van der Waals surface area contributed by atoms with E-state index in [1.807, 2.05) is 0 Å². The minimum Gasteiger partial charge on any atom is -0.268 e. The van der Waals surface area contributed by atoms with Gasteiger partial charge in [-0.2, -0.15) is 0 Å². The predicted octanol–water partition coefficient (Wildman–Crippen LogP) is 4.44. The summed E-state index contributed by atoms with van der Waals surface area (Å²) in [6, 6.07) is 22.6. The van der Waals surface area contributed by atoms with Gasteiger partial charge in [0, 0.05) is 5.92 Å². The highest BCUT2D eigenvalue weighted by atomic mass is 15.2. The third-order valence-corrected chi connectivity index (χ3v) is 5.53. The van der Waals surface area contributed by atoms with Crippen molar-refractivity contribution >= 4 is 6.34 Å². The van der Waals surface area contributed by atoms with Crippen molar-refractivity contribution in [2.75, 3.05) is 19.6 Å². The number of likely N-dealkylation sites (tertiary alicyclic amines) is 1. The second-order valence-corrected chi connectivity index (χ2v) is 7.17. The number of hydrogen-bond donors (Lipinski definition) is 0. The van der Waals surface area contributed by atoms with Crippen LogP contribution in [-0.4, -0.2) is 35.4 Å². The summed E-state index contributed by atoms with van der Waals surface area (Å²) in [5, 5.41) is 0. The minimum atomic E-state index is 0.520. The molecule has 2 atom stereocenters. The zero-order valence-corrected chi connectivity index (χ0v) is 14.3. The summed E-state index contributed by atoms with van der Waals surface area (Å²) in [4.78, 5) is 2.61. The first-order valence-electron chi connectivity index (χ1n) is 9.35. The van der Waals surface area contributed by atoms with Crippen molar-refractivity contribution in [3.05, 3.63) is 71.8 Å². The molecule has 2 aliphatic rings. The first-order chi connectivity index (χ1) is 11.9. The zero-order valence-electron chi connectivity index (χ0n) is 14.3. The third kappa shape index (κ3) is 3.38. The lowest BCUT2D eigenvalue weighted by atomic mass is 9.85.